The summed E-state index contributed by atoms with van der Waals surface area (Å²) in [6, 6.07) is 1.84. The summed E-state index contributed by atoms with van der Waals surface area (Å²) >= 11 is 4.74. The van der Waals surface area contributed by atoms with E-state index in [1.54, 1.807) is 0 Å². The predicted molar refractivity (Wildman–Crippen MR) is 87.9 cm³/mol. The highest BCUT2D eigenvalue weighted by atomic mass is 79.9. The summed E-state index contributed by atoms with van der Waals surface area (Å²) in [5.41, 5.74) is 5.18. The number of hydrogen-bond acceptors (Lipinski definition) is 4. The van der Waals surface area contributed by atoms with Gasteiger partial charge in [0.25, 0.3) is 5.91 Å². The van der Waals surface area contributed by atoms with E-state index in [0.29, 0.717) is 17.7 Å². The summed E-state index contributed by atoms with van der Waals surface area (Å²) in [5, 5.41) is 17.2. The number of hydrogen-bond donors (Lipinski definition) is 3. The molecule has 0 aromatic carbocycles. The first kappa shape index (κ1) is 16.3. The van der Waals surface area contributed by atoms with Crippen molar-refractivity contribution in [3.8, 4) is 0 Å². The molecule has 0 radical (unpaired) electrons. The summed E-state index contributed by atoms with van der Waals surface area (Å²) in [4.78, 5) is 13.1. The van der Waals surface area contributed by atoms with Crippen LogP contribution in [0.1, 0.15) is 54.6 Å². The molecular formula is C14H20BrN3O2S. The fourth-order valence-corrected chi connectivity index (χ4v) is 4.23. The van der Waals surface area contributed by atoms with Gasteiger partial charge in [0, 0.05) is 4.47 Å². The molecule has 0 saturated heterocycles. The summed E-state index contributed by atoms with van der Waals surface area (Å²) in [6.07, 6.45) is 6.76. The van der Waals surface area contributed by atoms with Crippen molar-refractivity contribution in [2.75, 3.05) is 0 Å². The molecular weight excluding hydrogens is 354 g/mol. The van der Waals surface area contributed by atoms with Crippen molar-refractivity contribution >= 4 is 39.0 Å². The third kappa shape index (κ3) is 3.77. The summed E-state index contributed by atoms with van der Waals surface area (Å²) in [6.45, 7) is 0. The van der Waals surface area contributed by atoms with Crippen LogP contribution in [0.25, 0.3) is 0 Å². The highest BCUT2D eigenvalue weighted by molar-refractivity contribution is 9.10. The zero-order valence-corrected chi connectivity index (χ0v) is 14.2. The lowest BCUT2D eigenvalue weighted by molar-refractivity contribution is 0.0914. The van der Waals surface area contributed by atoms with Crippen molar-refractivity contribution in [2.24, 2.45) is 10.9 Å². The number of amidine groups is 1. The van der Waals surface area contributed by atoms with E-state index in [9.17, 15) is 4.79 Å². The second-order valence-electron chi connectivity index (χ2n) is 5.39. The number of nitrogens with one attached hydrogen (secondary N) is 1. The van der Waals surface area contributed by atoms with E-state index in [1.165, 1.54) is 17.8 Å². The molecule has 5 nitrogen and oxygen atoms in total. The van der Waals surface area contributed by atoms with E-state index >= 15 is 0 Å². The predicted octanol–water partition coefficient (Wildman–Crippen LogP) is 3.47. The average molecular weight is 374 g/mol. The van der Waals surface area contributed by atoms with E-state index in [0.717, 1.165) is 30.2 Å². The number of carbonyl (C=O) groups excluding carboxylic acids is 1. The SMILES string of the molecule is NC(=NO)C1(NC(=O)c2sccc2Br)CCCCCCC1. The van der Waals surface area contributed by atoms with Crippen LogP contribution in [0.3, 0.4) is 0 Å². The van der Waals surface area contributed by atoms with Crippen LogP contribution in [0.15, 0.2) is 21.1 Å². The molecule has 116 valence electrons. The first-order valence-electron chi connectivity index (χ1n) is 7.12. The van der Waals surface area contributed by atoms with E-state index in [2.05, 4.69) is 26.4 Å². The summed E-state index contributed by atoms with van der Waals surface area (Å²) in [5.74, 6) is -0.0746. The zero-order valence-electron chi connectivity index (χ0n) is 11.8. The van der Waals surface area contributed by atoms with Gasteiger partial charge in [-0.2, -0.15) is 0 Å². The Morgan fingerprint density at radius 3 is 2.48 bits per heavy atom. The number of carbonyl (C=O) groups is 1. The molecule has 0 bridgehead atoms. The molecule has 1 aromatic rings. The number of rotatable bonds is 3. The van der Waals surface area contributed by atoms with Crippen LogP contribution < -0.4 is 11.1 Å². The number of halogens is 1. The van der Waals surface area contributed by atoms with Gasteiger partial charge in [-0.05, 0) is 40.2 Å². The molecule has 0 atom stereocenters. The smallest absolute Gasteiger partial charge is 0.263 e. The lowest BCUT2D eigenvalue weighted by Gasteiger charge is -2.35. The van der Waals surface area contributed by atoms with Gasteiger partial charge in [0.05, 0.1) is 0 Å². The minimum absolute atomic E-state index is 0.102. The molecule has 1 aliphatic rings. The maximum absolute atomic E-state index is 12.5. The number of thiophene rings is 1. The van der Waals surface area contributed by atoms with Gasteiger partial charge < -0.3 is 16.3 Å². The Labute approximate surface area is 136 Å². The normalized spacial score (nSPS) is 19.6. The van der Waals surface area contributed by atoms with E-state index in [4.69, 9.17) is 10.9 Å². The Morgan fingerprint density at radius 1 is 1.33 bits per heavy atom. The van der Waals surface area contributed by atoms with Crippen molar-refractivity contribution < 1.29 is 10.0 Å². The Kier molecular flexibility index (Phi) is 5.64. The van der Waals surface area contributed by atoms with Crippen LogP contribution in [-0.4, -0.2) is 22.5 Å². The van der Waals surface area contributed by atoms with Crippen LogP contribution >= 0.6 is 27.3 Å². The van der Waals surface area contributed by atoms with Crippen molar-refractivity contribution in [2.45, 2.75) is 50.5 Å². The van der Waals surface area contributed by atoms with Crippen LogP contribution in [0.2, 0.25) is 0 Å². The lowest BCUT2D eigenvalue weighted by atomic mass is 9.82. The highest BCUT2D eigenvalue weighted by Gasteiger charge is 2.37. The molecule has 21 heavy (non-hydrogen) atoms. The standard InChI is InChI=1S/C14H20BrN3O2S/c15-10-6-9-21-11(10)12(19)17-14(13(16)18-20)7-4-2-1-3-5-8-14/h6,9,20H,1-5,7-8H2,(H2,16,18)(H,17,19). The van der Waals surface area contributed by atoms with Gasteiger partial charge >= 0.3 is 0 Å². The van der Waals surface area contributed by atoms with Gasteiger partial charge in [0.15, 0.2) is 5.84 Å². The first-order chi connectivity index (χ1) is 10.1. The number of oxime groups is 1. The molecule has 1 fully saturated rings. The van der Waals surface area contributed by atoms with E-state index in [1.807, 2.05) is 11.4 Å². The molecule has 1 aliphatic carbocycles. The van der Waals surface area contributed by atoms with Crippen molar-refractivity contribution in [1.29, 1.82) is 0 Å². The summed E-state index contributed by atoms with van der Waals surface area (Å²) < 4.78 is 0.769. The van der Waals surface area contributed by atoms with Gasteiger partial charge in [0.2, 0.25) is 0 Å². The van der Waals surface area contributed by atoms with Crippen LogP contribution in [0.5, 0.6) is 0 Å². The van der Waals surface area contributed by atoms with Gasteiger partial charge in [-0.3, -0.25) is 4.79 Å². The topological polar surface area (TPSA) is 87.7 Å². The largest absolute Gasteiger partial charge is 0.409 e. The second-order valence-corrected chi connectivity index (χ2v) is 7.16. The van der Waals surface area contributed by atoms with Crippen LogP contribution in [0, 0.1) is 0 Å². The van der Waals surface area contributed by atoms with E-state index in [-0.39, 0.29) is 11.7 Å². The Bertz CT molecular complexity index is 522. The van der Waals surface area contributed by atoms with Crippen molar-refractivity contribution in [3.63, 3.8) is 0 Å². The van der Waals surface area contributed by atoms with E-state index < -0.39 is 5.54 Å². The summed E-state index contributed by atoms with van der Waals surface area (Å²) in [7, 11) is 0. The number of nitrogens with zero attached hydrogens (tertiary/aromatic N) is 1. The van der Waals surface area contributed by atoms with Crippen LogP contribution in [0.4, 0.5) is 0 Å². The minimum atomic E-state index is -0.740. The molecule has 1 heterocycles. The van der Waals surface area contributed by atoms with Gasteiger partial charge in [-0.15, -0.1) is 11.3 Å². The maximum atomic E-state index is 12.5. The third-order valence-corrected chi connectivity index (χ3v) is 5.82. The molecule has 1 saturated carbocycles. The van der Waals surface area contributed by atoms with Crippen LogP contribution in [-0.2, 0) is 0 Å². The molecule has 0 unspecified atom stereocenters. The zero-order chi connectivity index (χ0) is 15.3. The molecule has 2 rings (SSSR count). The van der Waals surface area contributed by atoms with Crippen molar-refractivity contribution in [1.82, 2.24) is 5.32 Å². The number of amides is 1. The Balaban J connectivity index is 2.23. The van der Waals surface area contributed by atoms with Crippen molar-refractivity contribution in [3.05, 3.63) is 20.8 Å². The third-order valence-electron chi connectivity index (χ3n) is 3.98. The number of nitrogens with two attached hydrogens (primary N) is 1. The average Bonchev–Trinajstić information content (AvgIpc) is 2.87. The molecule has 7 heteroatoms. The second kappa shape index (κ2) is 7.26. The van der Waals surface area contributed by atoms with Gasteiger partial charge in [0.1, 0.15) is 10.4 Å². The highest BCUT2D eigenvalue weighted by Crippen LogP contribution is 2.29. The Hall–Kier alpha value is -1.08. The molecule has 1 aromatic heterocycles. The fourth-order valence-electron chi connectivity index (χ4n) is 2.78. The van der Waals surface area contributed by atoms with Gasteiger partial charge in [-0.1, -0.05) is 37.3 Å². The monoisotopic (exact) mass is 373 g/mol. The minimum Gasteiger partial charge on any atom is -0.409 e. The Morgan fingerprint density at radius 2 is 1.95 bits per heavy atom. The van der Waals surface area contributed by atoms with Gasteiger partial charge in [-0.25, -0.2) is 0 Å². The molecule has 1 amide bonds. The molecule has 4 N–H and O–H groups in total. The molecule has 0 aliphatic heterocycles. The lowest BCUT2D eigenvalue weighted by Crippen LogP contribution is -2.57. The quantitative estimate of drug-likeness (QED) is 0.328. The first-order valence-corrected chi connectivity index (χ1v) is 8.80. The maximum Gasteiger partial charge on any atom is 0.263 e. The fraction of sp³-hybridized carbons (Fsp3) is 0.571. The molecule has 0 spiro atoms.